The lowest BCUT2D eigenvalue weighted by molar-refractivity contribution is -0.143. The molecule has 8 nitrogen and oxygen atoms in total. The number of nitrogens with zero attached hydrogens (tertiary/aromatic N) is 1. The number of rotatable bonds is 14. The van der Waals surface area contributed by atoms with E-state index >= 15 is 0 Å². The second-order valence-corrected chi connectivity index (χ2v) is 10.3. The van der Waals surface area contributed by atoms with Crippen molar-refractivity contribution in [3.05, 3.63) is 35.4 Å². The fourth-order valence-electron chi connectivity index (χ4n) is 3.97. The minimum atomic E-state index is -1.27. The molecule has 3 unspecified atom stereocenters. The van der Waals surface area contributed by atoms with Gasteiger partial charge in [0, 0.05) is 18.2 Å². The normalized spacial score (nSPS) is 13.6. The molecular formula is C29H45N3O5. The molecule has 0 aliphatic rings. The van der Waals surface area contributed by atoms with Gasteiger partial charge in [0.05, 0.1) is 6.61 Å². The molecule has 0 aliphatic carbocycles. The fourth-order valence-corrected chi connectivity index (χ4v) is 3.97. The molecule has 0 saturated heterocycles. The van der Waals surface area contributed by atoms with Gasteiger partial charge in [0.2, 0.25) is 11.8 Å². The SMILES string of the molecule is C#Cc1ccc(C(C(=O)NC(C)CCC)N(CCCCCC)C(=O)C(CO)NC(=O)OC(C)(C)C)cc1. The minimum absolute atomic E-state index is 0.0875. The largest absolute Gasteiger partial charge is 0.444 e. The maximum absolute atomic E-state index is 13.8. The summed E-state index contributed by atoms with van der Waals surface area (Å²) in [6.07, 6.45) is 9.93. The van der Waals surface area contributed by atoms with E-state index in [0.29, 0.717) is 17.5 Å². The molecule has 0 fully saturated rings. The van der Waals surface area contributed by atoms with E-state index in [0.717, 1.165) is 32.1 Å². The fraction of sp³-hybridized carbons (Fsp3) is 0.621. The Morgan fingerprint density at radius 3 is 2.22 bits per heavy atom. The molecule has 0 spiro atoms. The molecule has 1 aromatic carbocycles. The van der Waals surface area contributed by atoms with E-state index in [1.165, 1.54) is 4.90 Å². The summed E-state index contributed by atoms with van der Waals surface area (Å²) in [6, 6.07) is 4.62. The van der Waals surface area contributed by atoms with Crippen LogP contribution < -0.4 is 10.6 Å². The summed E-state index contributed by atoms with van der Waals surface area (Å²) in [5, 5.41) is 15.5. The molecule has 3 amide bonds. The zero-order chi connectivity index (χ0) is 28.0. The molecule has 3 atom stereocenters. The number of carbonyl (C=O) groups excluding carboxylic acids is 3. The van der Waals surface area contributed by atoms with Crippen LogP contribution in [0.2, 0.25) is 0 Å². The summed E-state index contributed by atoms with van der Waals surface area (Å²) in [7, 11) is 0. The van der Waals surface area contributed by atoms with E-state index in [2.05, 4.69) is 23.5 Å². The van der Waals surface area contributed by atoms with Crippen molar-refractivity contribution in [2.24, 2.45) is 0 Å². The number of hydrogen-bond acceptors (Lipinski definition) is 5. The number of nitrogens with one attached hydrogen (secondary N) is 2. The summed E-state index contributed by atoms with van der Waals surface area (Å²) < 4.78 is 5.28. The first kappa shape index (κ1) is 32.0. The van der Waals surface area contributed by atoms with Crippen molar-refractivity contribution in [2.75, 3.05) is 13.2 Å². The lowest BCUT2D eigenvalue weighted by Crippen LogP contribution is -2.55. The summed E-state index contributed by atoms with van der Waals surface area (Å²) in [5.74, 6) is 1.68. The molecular weight excluding hydrogens is 470 g/mol. The van der Waals surface area contributed by atoms with Crippen LogP contribution >= 0.6 is 0 Å². The lowest BCUT2D eigenvalue weighted by Gasteiger charge is -2.34. The van der Waals surface area contributed by atoms with Gasteiger partial charge in [-0.3, -0.25) is 9.59 Å². The Labute approximate surface area is 222 Å². The minimum Gasteiger partial charge on any atom is -0.444 e. The summed E-state index contributed by atoms with van der Waals surface area (Å²) in [6.45, 7) is 10.8. The van der Waals surface area contributed by atoms with Crippen molar-refractivity contribution in [1.82, 2.24) is 15.5 Å². The molecule has 1 rings (SSSR count). The van der Waals surface area contributed by atoms with E-state index in [-0.39, 0.29) is 18.5 Å². The first-order valence-electron chi connectivity index (χ1n) is 13.2. The Kier molecular flexibility index (Phi) is 13.8. The third-order valence-electron chi connectivity index (χ3n) is 5.77. The third kappa shape index (κ3) is 11.3. The number of aliphatic hydroxyl groups excluding tert-OH is 1. The molecule has 37 heavy (non-hydrogen) atoms. The van der Waals surface area contributed by atoms with E-state index < -0.39 is 36.3 Å². The molecule has 0 bridgehead atoms. The quantitative estimate of drug-likeness (QED) is 0.253. The monoisotopic (exact) mass is 515 g/mol. The van der Waals surface area contributed by atoms with Crippen LogP contribution in [0.5, 0.6) is 0 Å². The van der Waals surface area contributed by atoms with Crippen LogP contribution in [0.1, 0.15) is 97.2 Å². The van der Waals surface area contributed by atoms with Crippen LogP contribution in [-0.2, 0) is 14.3 Å². The highest BCUT2D eigenvalue weighted by Crippen LogP contribution is 2.24. The number of terminal acetylenes is 1. The number of unbranched alkanes of at least 4 members (excludes halogenated alkanes) is 3. The number of benzene rings is 1. The molecule has 1 aromatic rings. The van der Waals surface area contributed by atoms with Crippen LogP contribution in [0.15, 0.2) is 24.3 Å². The van der Waals surface area contributed by atoms with Crippen molar-refractivity contribution < 1.29 is 24.2 Å². The van der Waals surface area contributed by atoms with Gasteiger partial charge in [-0.25, -0.2) is 4.79 Å². The van der Waals surface area contributed by atoms with Crippen molar-refractivity contribution in [3.8, 4) is 12.3 Å². The van der Waals surface area contributed by atoms with E-state index in [4.69, 9.17) is 11.2 Å². The maximum atomic E-state index is 13.8. The smallest absolute Gasteiger partial charge is 0.408 e. The molecule has 3 N–H and O–H groups in total. The van der Waals surface area contributed by atoms with Gasteiger partial charge in [-0.1, -0.05) is 57.6 Å². The molecule has 0 radical (unpaired) electrons. The second-order valence-electron chi connectivity index (χ2n) is 10.3. The van der Waals surface area contributed by atoms with Crippen LogP contribution in [-0.4, -0.2) is 58.8 Å². The van der Waals surface area contributed by atoms with Crippen LogP contribution in [0.25, 0.3) is 0 Å². The molecule has 0 aromatic heterocycles. The molecule has 0 heterocycles. The maximum Gasteiger partial charge on any atom is 0.408 e. The van der Waals surface area contributed by atoms with Gasteiger partial charge in [0.25, 0.3) is 0 Å². The average molecular weight is 516 g/mol. The highest BCUT2D eigenvalue weighted by Gasteiger charge is 2.36. The van der Waals surface area contributed by atoms with Crippen LogP contribution in [0.3, 0.4) is 0 Å². The standard InChI is InChI=1S/C29H45N3O5/c1-8-11-12-13-19-32(27(35)24(20-33)31-28(36)37-29(5,6)7)25(26(34)30-21(4)14-9-2)23-17-15-22(10-3)16-18-23/h3,15-18,21,24-25,33H,8-9,11-14,19-20H2,1-2,4-7H3,(H,30,34)(H,31,36). The number of alkyl carbamates (subject to hydrolysis) is 1. The van der Waals surface area contributed by atoms with Gasteiger partial charge in [-0.15, -0.1) is 6.42 Å². The van der Waals surface area contributed by atoms with E-state index in [9.17, 15) is 19.5 Å². The zero-order valence-electron chi connectivity index (χ0n) is 23.3. The summed E-state index contributed by atoms with van der Waals surface area (Å²) in [4.78, 5) is 41.2. The van der Waals surface area contributed by atoms with Crippen LogP contribution in [0, 0.1) is 12.3 Å². The third-order valence-corrected chi connectivity index (χ3v) is 5.77. The number of amides is 3. The Hall–Kier alpha value is -3.05. The molecule has 0 aliphatic heterocycles. The topological polar surface area (TPSA) is 108 Å². The first-order chi connectivity index (χ1) is 17.5. The van der Waals surface area contributed by atoms with Crippen molar-refractivity contribution in [2.45, 2.75) is 104 Å². The van der Waals surface area contributed by atoms with Crippen molar-refractivity contribution >= 4 is 17.9 Å². The van der Waals surface area contributed by atoms with Gasteiger partial charge in [-0.2, -0.15) is 0 Å². The number of aliphatic hydroxyl groups is 1. The van der Waals surface area contributed by atoms with E-state index in [1.807, 2.05) is 13.8 Å². The highest BCUT2D eigenvalue weighted by atomic mass is 16.6. The molecule has 8 heteroatoms. The Morgan fingerprint density at radius 2 is 1.70 bits per heavy atom. The Bertz CT molecular complexity index is 902. The summed E-state index contributed by atoms with van der Waals surface area (Å²) >= 11 is 0. The van der Waals surface area contributed by atoms with Gasteiger partial charge in [0.1, 0.15) is 17.7 Å². The van der Waals surface area contributed by atoms with Gasteiger partial charge in [0.15, 0.2) is 0 Å². The number of ether oxygens (including phenoxy) is 1. The first-order valence-corrected chi connectivity index (χ1v) is 13.2. The van der Waals surface area contributed by atoms with Crippen molar-refractivity contribution in [1.29, 1.82) is 0 Å². The number of carbonyl (C=O) groups is 3. The lowest BCUT2D eigenvalue weighted by atomic mass is 10.00. The highest BCUT2D eigenvalue weighted by molar-refractivity contribution is 5.92. The predicted molar refractivity (Wildman–Crippen MR) is 146 cm³/mol. The molecule has 0 saturated carbocycles. The Balaban J connectivity index is 3.42. The van der Waals surface area contributed by atoms with Gasteiger partial charge >= 0.3 is 6.09 Å². The molecule has 206 valence electrons. The Morgan fingerprint density at radius 1 is 1.05 bits per heavy atom. The van der Waals surface area contributed by atoms with Gasteiger partial charge < -0.3 is 25.4 Å². The van der Waals surface area contributed by atoms with E-state index in [1.54, 1.807) is 45.0 Å². The zero-order valence-corrected chi connectivity index (χ0v) is 23.3. The number of hydrogen-bond donors (Lipinski definition) is 3. The van der Waals surface area contributed by atoms with Crippen molar-refractivity contribution in [3.63, 3.8) is 0 Å². The summed E-state index contributed by atoms with van der Waals surface area (Å²) in [5.41, 5.74) is 0.477. The average Bonchev–Trinajstić information content (AvgIpc) is 2.83. The predicted octanol–water partition coefficient (Wildman–Crippen LogP) is 4.31. The van der Waals surface area contributed by atoms with Gasteiger partial charge in [-0.05, 0) is 58.2 Å². The second kappa shape index (κ2) is 15.9. The van der Waals surface area contributed by atoms with Crippen LogP contribution in [0.4, 0.5) is 4.79 Å².